The van der Waals surface area contributed by atoms with E-state index in [0.717, 1.165) is 11.1 Å². The Morgan fingerprint density at radius 1 is 0.889 bits per heavy atom. The zero-order valence-electron chi connectivity index (χ0n) is 19.1. The van der Waals surface area contributed by atoms with Crippen molar-refractivity contribution in [3.8, 4) is 11.3 Å². The summed E-state index contributed by atoms with van der Waals surface area (Å²) in [6, 6.07) is 29.4. The molecule has 1 fully saturated rings. The van der Waals surface area contributed by atoms with E-state index in [-0.39, 0.29) is 11.6 Å². The van der Waals surface area contributed by atoms with Crippen LogP contribution in [0.3, 0.4) is 0 Å². The third kappa shape index (κ3) is 5.13. The number of furan rings is 1. The van der Waals surface area contributed by atoms with Gasteiger partial charge in [-0.1, -0.05) is 72.8 Å². The summed E-state index contributed by atoms with van der Waals surface area (Å²) in [7, 11) is 0. The Morgan fingerprint density at radius 2 is 1.56 bits per heavy atom. The predicted octanol–water partition coefficient (Wildman–Crippen LogP) is 6.53. The number of amidine groups is 1. The molecule has 8 heteroatoms. The minimum Gasteiger partial charge on any atom is -0.456 e. The number of amides is 1. The van der Waals surface area contributed by atoms with Gasteiger partial charge in [-0.25, -0.2) is 0 Å². The zero-order valence-corrected chi connectivity index (χ0v) is 19.9. The lowest BCUT2D eigenvalue weighted by molar-refractivity contribution is -0.384. The van der Waals surface area contributed by atoms with Crippen molar-refractivity contribution < 1.29 is 14.1 Å². The molecule has 2 heterocycles. The smallest absolute Gasteiger partial charge is 0.280 e. The fourth-order valence-corrected chi connectivity index (χ4v) is 4.78. The molecule has 1 aliphatic rings. The van der Waals surface area contributed by atoms with E-state index >= 15 is 0 Å². The first-order chi connectivity index (χ1) is 17.6. The molecule has 0 saturated carbocycles. The summed E-state index contributed by atoms with van der Waals surface area (Å²) in [5, 5.41) is 12.0. The standard InChI is InChI=1S/C28H21N3O4S/c32-27-26(17-22-15-16-25(35-22)23-13-7-8-14-24(23)31(33)34)36-28(29-18-20-9-3-1-4-10-20)30(27)19-21-11-5-2-6-12-21/h1-17H,18-19H2/b26-17-,29-28?. The number of thioether (sulfide) groups is 1. The third-order valence-corrected chi connectivity index (χ3v) is 6.62. The number of carbonyl (C=O) groups excluding carboxylic acids is 1. The molecule has 0 bridgehead atoms. The first-order valence-corrected chi connectivity index (χ1v) is 12.1. The second-order valence-corrected chi connectivity index (χ2v) is 9.06. The van der Waals surface area contributed by atoms with Gasteiger partial charge < -0.3 is 4.42 Å². The maximum absolute atomic E-state index is 13.4. The number of benzene rings is 3. The largest absolute Gasteiger partial charge is 0.456 e. The number of hydrogen-bond donors (Lipinski definition) is 0. The molecule has 1 saturated heterocycles. The van der Waals surface area contributed by atoms with E-state index in [1.165, 1.54) is 17.8 Å². The molecular weight excluding hydrogens is 474 g/mol. The molecule has 0 spiro atoms. The number of para-hydroxylation sites is 1. The quantitative estimate of drug-likeness (QED) is 0.165. The molecule has 4 aromatic rings. The molecule has 36 heavy (non-hydrogen) atoms. The Hall–Kier alpha value is -4.43. The molecule has 0 atom stereocenters. The third-order valence-electron chi connectivity index (χ3n) is 5.58. The van der Waals surface area contributed by atoms with Gasteiger partial charge in [0, 0.05) is 12.1 Å². The molecule has 3 aromatic carbocycles. The van der Waals surface area contributed by atoms with E-state index in [0.29, 0.717) is 40.2 Å². The normalized spacial score (nSPS) is 15.7. The minimum absolute atomic E-state index is 0.0401. The number of rotatable bonds is 7. The van der Waals surface area contributed by atoms with Gasteiger partial charge in [0.05, 0.1) is 28.5 Å². The van der Waals surface area contributed by atoms with Crippen LogP contribution in [0.1, 0.15) is 16.9 Å². The summed E-state index contributed by atoms with van der Waals surface area (Å²) in [5.74, 6) is 0.631. The van der Waals surface area contributed by atoms with Crippen molar-refractivity contribution in [1.29, 1.82) is 0 Å². The molecule has 0 unspecified atom stereocenters. The van der Waals surface area contributed by atoms with Gasteiger partial charge in [-0.2, -0.15) is 0 Å². The lowest BCUT2D eigenvalue weighted by atomic mass is 10.1. The minimum atomic E-state index is -0.441. The van der Waals surface area contributed by atoms with Gasteiger partial charge in [0.1, 0.15) is 11.5 Å². The van der Waals surface area contributed by atoms with Crippen LogP contribution in [-0.2, 0) is 17.9 Å². The number of nitrogens with zero attached hydrogens (tertiary/aromatic N) is 3. The molecule has 5 rings (SSSR count). The van der Waals surface area contributed by atoms with Crippen molar-refractivity contribution in [2.45, 2.75) is 13.1 Å². The van der Waals surface area contributed by atoms with Gasteiger partial charge in [0.2, 0.25) is 0 Å². The van der Waals surface area contributed by atoms with Gasteiger partial charge in [0.15, 0.2) is 5.17 Å². The van der Waals surface area contributed by atoms with Gasteiger partial charge in [-0.15, -0.1) is 0 Å². The number of carbonyl (C=O) groups is 1. The Labute approximate surface area is 211 Å². The molecule has 0 N–H and O–H groups in total. The van der Waals surface area contributed by atoms with Gasteiger partial charge >= 0.3 is 0 Å². The maximum Gasteiger partial charge on any atom is 0.280 e. The number of nitro benzene ring substituents is 1. The fourth-order valence-electron chi connectivity index (χ4n) is 3.82. The van der Waals surface area contributed by atoms with Crippen LogP contribution in [0.15, 0.2) is 111 Å². The van der Waals surface area contributed by atoms with E-state index in [1.807, 2.05) is 60.7 Å². The Morgan fingerprint density at radius 3 is 2.28 bits per heavy atom. The number of nitro groups is 1. The molecule has 0 aliphatic carbocycles. The SMILES string of the molecule is O=C1/C(=C/c2ccc(-c3ccccc3[N+](=O)[O-])o2)SC(=NCc2ccccc2)N1Cc1ccccc1. The lowest BCUT2D eigenvalue weighted by Gasteiger charge is -2.15. The Bertz CT molecular complexity index is 1460. The second kappa shape index (κ2) is 10.5. The van der Waals surface area contributed by atoms with E-state index in [4.69, 9.17) is 9.41 Å². The van der Waals surface area contributed by atoms with Crippen LogP contribution in [0.25, 0.3) is 17.4 Å². The van der Waals surface area contributed by atoms with Gasteiger partial charge in [-0.05, 0) is 41.1 Å². The highest BCUT2D eigenvalue weighted by molar-refractivity contribution is 8.18. The van der Waals surface area contributed by atoms with Crippen molar-refractivity contribution in [3.05, 3.63) is 129 Å². The van der Waals surface area contributed by atoms with Crippen LogP contribution in [0.5, 0.6) is 0 Å². The summed E-state index contributed by atoms with van der Waals surface area (Å²) < 4.78 is 5.88. The highest BCUT2D eigenvalue weighted by atomic mass is 32.2. The highest BCUT2D eigenvalue weighted by Gasteiger charge is 2.33. The summed E-state index contributed by atoms with van der Waals surface area (Å²) in [5.41, 5.74) is 2.39. The van der Waals surface area contributed by atoms with Crippen molar-refractivity contribution in [2.24, 2.45) is 4.99 Å². The van der Waals surface area contributed by atoms with Gasteiger partial charge in [-0.3, -0.25) is 24.8 Å². The Balaban J connectivity index is 1.44. The number of aliphatic imine (C=N–C) groups is 1. The second-order valence-electron chi connectivity index (χ2n) is 8.05. The molecule has 1 aliphatic heterocycles. The summed E-state index contributed by atoms with van der Waals surface area (Å²) in [6.07, 6.45) is 1.66. The van der Waals surface area contributed by atoms with Crippen LogP contribution in [0.4, 0.5) is 5.69 Å². The average Bonchev–Trinajstić information content (AvgIpc) is 3.49. The topological polar surface area (TPSA) is 88.9 Å². The highest BCUT2D eigenvalue weighted by Crippen LogP contribution is 2.36. The van der Waals surface area contributed by atoms with Crippen molar-refractivity contribution in [2.75, 3.05) is 0 Å². The molecule has 1 aromatic heterocycles. The fraction of sp³-hybridized carbons (Fsp3) is 0.0714. The monoisotopic (exact) mass is 495 g/mol. The molecule has 7 nitrogen and oxygen atoms in total. The predicted molar refractivity (Wildman–Crippen MR) is 141 cm³/mol. The van der Waals surface area contributed by atoms with E-state index < -0.39 is 4.92 Å². The summed E-state index contributed by atoms with van der Waals surface area (Å²) >= 11 is 1.29. The van der Waals surface area contributed by atoms with Crippen molar-refractivity contribution >= 4 is 34.6 Å². The summed E-state index contributed by atoms with van der Waals surface area (Å²) in [4.78, 5) is 31.2. The first kappa shape index (κ1) is 23.3. The molecule has 0 radical (unpaired) electrons. The van der Waals surface area contributed by atoms with E-state index in [2.05, 4.69) is 0 Å². The molecule has 178 valence electrons. The zero-order chi connectivity index (χ0) is 24.9. The van der Waals surface area contributed by atoms with E-state index in [9.17, 15) is 14.9 Å². The number of hydrogen-bond acceptors (Lipinski definition) is 6. The average molecular weight is 496 g/mol. The summed E-state index contributed by atoms with van der Waals surface area (Å²) in [6.45, 7) is 0.856. The molecular formula is C28H21N3O4S. The van der Waals surface area contributed by atoms with Crippen LogP contribution >= 0.6 is 11.8 Å². The van der Waals surface area contributed by atoms with Crippen LogP contribution in [0, 0.1) is 10.1 Å². The Kier molecular flexibility index (Phi) is 6.77. The van der Waals surface area contributed by atoms with Crippen LogP contribution < -0.4 is 0 Å². The van der Waals surface area contributed by atoms with Crippen molar-refractivity contribution in [3.63, 3.8) is 0 Å². The lowest BCUT2D eigenvalue weighted by Crippen LogP contribution is -2.28. The maximum atomic E-state index is 13.4. The first-order valence-electron chi connectivity index (χ1n) is 11.3. The van der Waals surface area contributed by atoms with Crippen molar-refractivity contribution in [1.82, 2.24) is 4.90 Å². The van der Waals surface area contributed by atoms with Gasteiger partial charge in [0.25, 0.3) is 11.6 Å². The van der Waals surface area contributed by atoms with E-state index in [1.54, 1.807) is 41.3 Å². The van der Waals surface area contributed by atoms with Crippen LogP contribution in [-0.4, -0.2) is 20.9 Å². The van der Waals surface area contributed by atoms with Crippen LogP contribution in [0.2, 0.25) is 0 Å². The molecule has 1 amide bonds.